The lowest BCUT2D eigenvalue weighted by atomic mass is 9.98. The van der Waals surface area contributed by atoms with Crippen molar-refractivity contribution < 1.29 is 24.7 Å². The Labute approximate surface area is 127 Å². The van der Waals surface area contributed by atoms with Gasteiger partial charge >= 0.3 is 5.69 Å². The van der Waals surface area contributed by atoms with Crippen LogP contribution in [-0.4, -0.2) is 45.8 Å². The number of aliphatic hydroxyl groups excluding tert-OH is 2. The lowest BCUT2D eigenvalue weighted by molar-refractivity contribution is -0.386. The minimum absolute atomic E-state index is 0.0972. The normalized spacial score (nSPS) is 13.3. The first kappa shape index (κ1) is 17.8. The van der Waals surface area contributed by atoms with Gasteiger partial charge in [-0.25, -0.2) is 4.98 Å². The Bertz CT molecular complexity index is 563. The smallest absolute Gasteiger partial charge is 0.334 e. The lowest BCUT2D eigenvalue weighted by Crippen LogP contribution is -2.28. The van der Waals surface area contributed by atoms with Crippen LogP contribution in [0, 0.1) is 17.0 Å². The molecule has 0 radical (unpaired) electrons. The first-order chi connectivity index (χ1) is 10.3. The van der Waals surface area contributed by atoms with E-state index >= 15 is 0 Å². The average molecular weight is 313 g/mol. The van der Waals surface area contributed by atoms with Crippen LogP contribution in [0.3, 0.4) is 0 Å². The summed E-state index contributed by atoms with van der Waals surface area (Å²) >= 11 is 0. The number of nitrogens with one attached hydrogen (secondary N) is 1. The number of carbonyl (C=O) groups excluding carboxylic acids is 1. The van der Waals surface area contributed by atoms with Crippen LogP contribution in [0.25, 0.3) is 0 Å². The second-order valence-electron chi connectivity index (χ2n) is 4.74. The zero-order valence-corrected chi connectivity index (χ0v) is 12.6. The van der Waals surface area contributed by atoms with Crippen LogP contribution in [0.1, 0.15) is 30.6 Å². The summed E-state index contributed by atoms with van der Waals surface area (Å²) in [6.45, 7) is 2.96. The number of nitrogens with zero attached hydrogens (tertiary/aromatic N) is 2. The van der Waals surface area contributed by atoms with Crippen LogP contribution in [0.15, 0.2) is 6.20 Å². The molecule has 0 fully saturated rings. The second-order valence-corrected chi connectivity index (χ2v) is 4.74. The summed E-state index contributed by atoms with van der Waals surface area (Å²) in [7, 11) is 1.26. The summed E-state index contributed by atoms with van der Waals surface area (Å²) in [6.07, 6.45) is -1.22. The molecule has 1 heterocycles. The maximum atomic E-state index is 11.1. The number of rotatable bonds is 7. The van der Waals surface area contributed by atoms with Gasteiger partial charge in [0.25, 0.3) is 5.88 Å². The summed E-state index contributed by atoms with van der Waals surface area (Å²) in [5.74, 6) is -0.411. The van der Waals surface area contributed by atoms with Crippen molar-refractivity contribution in [1.29, 1.82) is 0 Å². The SMILES string of the molecule is COc1ncc(C(O)C(O)CCNC(C)=O)c(C)c1[N+](=O)[O-]. The zero-order chi connectivity index (χ0) is 16.9. The van der Waals surface area contributed by atoms with Gasteiger partial charge in [0.05, 0.1) is 18.1 Å². The number of pyridine rings is 1. The summed E-state index contributed by atoms with van der Waals surface area (Å²) in [5.41, 5.74) is -0.0427. The molecule has 1 aromatic rings. The van der Waals surface area contributed by atoms with Crippen LogP contribution in [0.2, 0.25) is 0 Å². The van der Waals surface area contributed by atoms with Gasteiger partial charge in [0.15, 0.2) is 0 Å². The van der Waals surface area contributed by atoms with Gasteiger partial charge in [-0.05, 0) is 13.3 Å². The first-order valence-corrected chi connectivity index (χ1v) is 6.58. The van der Waals surface area contributed by atoms with Crippen LogP contribution in [0.5, 0.6) is 5.88 Å². The molecule has 3 N–H and O–H groups in total. The molecular weight excluding hydrogens is 294 g/mol. The van der Waals surface area contributed by atoms with E-state index in [1.165, 1.54) is 27.2 Å². The van der Waals surface area contributed by atoms with Crippen LogP contribution < -0.4 is 10.1 Å². The summed E-state index contributed by atoms with van der Waals surface area (Å²) < 4.78 is 4.83. The van der Waals surface area contributed by atoms with Crippen LogP contribution in [0.4, 0.5) is 5.69 Å². The Hall–Kier alpha value is -2.26. The molecule has 1 aromatic heterocycles. The molecule has 0 aliphatic rings. The Morgan fingerprint density at radius 2 is 2.18 bits per heavy atom. The molecule has 0 spiro atoms. The molecule has 0 bridgehead atoms. The molecule has 2 atom stereocenters. The van der Waals surface area contributed by atoms with Gasteiger partial charge in [0, 0.05) is 30.8 Å². The Morgan fingerprint density at radius 1 is 1.55 bits per heavy atom. The van der Waals surface area contributed by atoms with E-state index in [1.54, 1.807) is 0 Å². The molecular formula is C13H19N3O6. The number of aromatic nitrogens is 1. The van der Waals surface area contributed by atoms with E-state index in [4.69, 9.17) is 4.74 Å². The largest absolute Gasteiger partial charge is 0.476 e. The first-order valence-electron chi connectivity index (χ1n) is 6.58. The average Bonchev–Trinajstić information content (AvgIpc) is 2.45. The fourth-order valence-corrected chi connectivity index (χ4v) is 2.01. The molecule has 1 amide bonds. The summed E-state index contributed by atoms with van der Waals surface area (Å²) in [5, 5.41) is 33.7. The molecule has 0 saturated carbocycles. The Balaban J connectivity index is 2.98. The van der Waals surface area contributed by atoms with E-state index in [0.29, 0.717) is 0 Å². The summed E-state index contributed by atoms with van der Waals surface area (Å²) in [6, 6.07) is 0. The van der Waals surface area contributed by atoms with Gasteiger partial charge in [0.1, 0.15) is 6.10 Å². The molecule has 9 nitrogen and oxygen atoms in total. The van der Waals surface area contributed by atoms with Gasteiger partial charge in [-0.2, -0.15) is 0 Å². The number of ether oxygens (including phenoxy) is 1. The number of hydrogen-bond donors (Lipinski definition) is 3. The van der Waals surface area contributed by atoms with Crippen molar-refractivity contribution in [1.82, 2.24) is 10.3 Å². The van der Waals surface area contributed by atoms with Gasteiger partial charge in [-0.3, -0.25) is 14.9 Å². The topological polar surface area (TPSA) is 135 Å². The minimum Gasteiger partial charge on any atom is -0.476 e. The highest BCUT2D eigenvalue weighted by molar-refractivity contribution is 5.72. The van der Waals surface area contributed by atoms with Crippen molar-refractivity contribution in [2.24, 2.45) is 0 Å². The Morgan fingerprint density at radius 3 is 2.68 bits per heavy atom. The van der Waals surface area contributed by atoms with Crippen molar-refractivity contribution >= 4 is 11.6 Å². The molecule has 0 aliphatic heterocycles. The molecule has 0 saturated heterocycles. The van der Waals surface area contributed by atoms with E-state index in [2.05, 4.69) is 10.3 Å². The monoisotopic (exact) mass is 313 g/mol. The third-order valence-corrected chi connectivity index (χ3v) is 3.18. The van der Waals surface area contributed by atoms with Crippen molar-refractivity contribution in [3.8, 4) is 5.88 Å². The number of nitro groups is 1. The number of methoxy groups -OCH3 is 1. The molecule has 0 aromatic carbocycles. The fourth-order valence-electron chi connectivity index (χ4n) is 2.01. The van der Waals surface area contributed by atoms with E-state index in [9.17, 15) is 25.1 Å². The standard InChI is InChI=1S/C13H19N3O6/c1-7-9(6-15-13(22-3)11(7)16(20)21)12(19)10(18)4-5-14-8(2)17/h6,10,12,18-19H,4-5H2,1-3H3,(H,14,17). The predicted molar refractivity (Wildman–Crippen MR) is 76.4 cm³/mol. The predicted octanol–water partition coefficient (Wildman–Crippen LogP) is 0.227. The molecule has 1 rings (SSSR count). The summed E-state index contributed by atoms with van der Waals surface area (Å²) in [4.78, 5) is 25.0. The molecule has 22 heavy (non-hydrogen) atoms. The van der Waals surface area contributed by atoms with Crippen molar-refractivity contribution in [3.63, 3.8) is 0 Å². The highest BCUT2D eigenvalue weighted by Crippen LogP contribution is 2.33. The number of amides is 1. The van der Waals surface area contributed by atoms with Crippen molar-refractivity contribution in [2.45, 2.75) is 32.5 Å². The van der Waals surface area contributed by atoms with E-state index in [-0.39, 0.29) is 41.6 Å². The van der Waals surface area contributed by atoms with E-state index < -0.39 is 17.1 Å². The third kappa shape index (κ3) is 4.12. The molecule has 2 unspecified atom stereocenters. The number of carbonyl (C=O) groups is 1. The van der Waals surface area contributed by atoms with Gasteiger partial charge in [-0.15, -0.1) is 0 Å². The van der Waals surface area contributed by atoms with Crippen LogP contribution in [-0.2, 0) is 4.79 Å². The highest BCUT2D eigenvalue weighted by Gasteiger charge is 2.28. The molecule has 9 heteroatoms. The molecule has 122 valence electrons. The number of hydrogen-bond acceptors (Lipinski definition) is 7. The quantitative estimate of drug-likeness (QED) is 0.484. The lowest BCUT2D eigenvalue weighted by Gasteiger charge is -2.20. The van der Waals surface area contributed by atoms with Gasteiger partial charge < -0.3 is 20.3 Å². The van der Waals surface area contributed by atoms with E-state index in [1.807, 2.05) is 0 Å². The third-order valence-electron chi connectivity index (χ3n) is 3.18. The minimum atomic E-state index is -1.36. The zero-order valence-electron chi connectivity index (χ0n) is 12.6. The van der Waals surface area contributed by atoms with Gasteiger partial charge in [-0.1, -0.05) is 0 Å². The highest BCUT2D eigenvalue weighted by atomic mass is 16.6. The maximum absolute atomic E-state index is 11.1. The van der Waals surface area contributed by atoms with Crippen LogP contribution >= 0.6 is 0 Å². The van der Waals surface area contributed by atoms with Crippen molar-refractivity contribution in [3.05, 3.63) is 27.4 Å². The Kier molecular flexibility index (Phi) is 6.20. The fraction of sp³-hybridized carbons (Fsp3) is 0.538. The van der Waals surface area contributed by atoms with Gasteiger partial charge in [0.2, 0.25) is 5.91 Å². The second kappa shape index (κ2) is 7.66. The maximum Gasteiger partial charge on any atom is 0.334 e. The molecule has 0 aliphatic carbocycles. The van der Waals surface area contributed by atoms with E-state index in [0.717, 1.165) is 0 Å². The van der Waals surface area contributed by atoms with Crippen molar-refractivity contribution in [2.75, 3.05) is 13.7 Å². The number of aliphatic hydroxyl groups is 2.